The van der Waals surface area contributed by atoms with Crippen LogP contribution < -0.4 is 5.32 Å². The Bertz CT molecular complexity index is 1130. The van der Waals surface area contributed by atoms with E-state index in [0.717, 1.165) is 16.0 Å². The van der Waals surface area contributed by atoms with E-state index < -0.39 is 29.7 Å². The third-order valence-corrected chi connectivity index (χ3v) is 5.57. The molecule has 2 aromatic carbocycles. The lowest BCUT2D eigenvalue weighted by Gasteiger charge is -2.35. The van der Waals surface area contributed by atoms with Crippen LogP contribution in [0, 0.1) is 11.8 Å². The molecule has 2 rings (SSSR count). The van der Waals surface area contributed by atoms with E-state index in [0.29, 0.717) is 18.8 Å². The fourth-order valence-electron chi connectivity index (χ4n) is 3.22. The number of carbonyl (C=O) groups is 4. The summed E-state index contributed by atoms with van der Waals surface area (Å²) in [4.78, 5) is 49.3. The van der Waals surface area contributed by atoms with Crippen molar-refractivity contribution >= 4 is 23.6 Å². The van der Waals surface area contributed by atoms with Gasteiger partial charge in [-0.3, -0.25) is 19.2 Å². The molecule has 1 atom stereocenters. The van der Waals surface area contributed by atoms with Crippen molar-refractivity contribution in [3.63, 3.8) is 0 Å². The molecule has 9 heteroatoms. The van der Waals surface area contributed by atoms with Crippen LogP contribution in [-0.4, -0.2) is 73.0 Å². The summed E-state index contributed by atoms with van der Waals surface area (Å²) >= 11 is 0. The van der Waals surface area contributed by atoms with E-state index in [9.17, 15) is 24.3 Å². The van der Waals surface area contributed by atoms with Crippen molar-refractivity contribution in [1.82, 2.24) is 10.2 Å². The molecule has 2 aromatic rings. The van der Waals surface area contributed by atoms with Crippen LogP contribution >= 0.6 is 0 Å². The number of ether oxygens (including phenoxy) is 2. The summed E-state index contributed by atoms with van der Waals surface area (Å²) in [7, 11) is 2.69. The average molecular weight is 495 g/mol. The molecule has 0 spiro atoms. The standard InChI is InChI=1S/C27H30N2O7/c1-19(31)36-16-15-35-18-22-9-7-20(8-10-22)5-6-21-11-13-23(14-12-21)25(33)29(4)27(2,24(32)17-30)26(34)28-3/h7-14,30H,15-18H2,1-4H3,(H,28,34)/t27-/m1/s1. The van der Waals surface area contributed by atoms with Gasteiger partial charge in [0.05, 0.1) is 13.2 Å². The summed E-state index contributed by atoms with van der Waals surface area (Å²) in [5, 5.41) is 11.7. The molecule has 0 heterocycles. The molecule has 0 saturated carbocycles. The minimum Gasteiger partial charge on any atom is -0.463 e. The molecular formula is C27H30N2O7. The Labute approximate surface area is 210 Å². The van der Waals surface area contributed by atoms with Crippen molar-refractivity contribution in [2.45, 2.75) is 26.0 Å². The summed E-state index contributed by atoms with van der Waals surface area (Å²) < 4.78 is 10.3. The second-order valence-corrected chi connectivity index (χ2v) is 8.01. The lowest BCUT2D eigenvalue weighted by Crippen LogP contribution is -2.62. The highest BCUT2D eigenvalue weighted by Crippen LogP contribution is 2.19. The van der Waals surface area contributed by atoms with Gasteiger partial charge >= 0.3 is 5.97 Å². The van der Waals surface area contributed by atoms with E-state index >= 15 is 0 Å². The number of carbonyl (C=O) groups excluding carboxylic acids is 4. The Balaban J connectivity index is 2.03. The van der Waals surface area contributed by atoms with E-state index in [1.165, 1.54) is 27.9 Å². The van der Waals surface area contributed by atoms with Crippen LogP contribution in [-0.2, 0) is 30.5 Å². The summed E-state index contributed by atoms with van der Waals surface area (Å²) in [6, 6.07) is 14.0. The fourth-order valence-corrected chi connectivity index (χ4v) is 3.22. The maximum absolute atomic E-state index is 12.9. The molecule has 0 saturated heterocycles. The van der Waals surface area contributed by atoms with E-state index in [-0.39, 0.29) is 18.1 Å². The van der Waals surface area contributed by atoms with E-state index in [2.05, 4.69) is 17.2 Å². The number of hydrogen-bond acceptors (Lipinski definition) is 7. The first-order valence-corrected chi connectivity index (χ1v) is 11.2. The Hall–Kier alpha value is -4.00. The molecule has 2 N–H and O–H groups in total. The van der Waals surface area contributed by atoms with E-state index in [1.54, 1.807) is 24.3 Å². The lowest BCUT2D eigenvalue weighted by atomic mass is 9.92. The van der Waals surface area contributed by atoms with Gasteiger partial charge in [0.25, 0.3) is 11.8 Å². The van der Waals surface area contributed by atoms with Crippen LogP contribution in [0.1, 0.15) is 40.9 Å². The first kappa shape index (κ1) is 28.2. The van der Waals surface area contributed by atoms with E-state index in [1.807, 2.05) is 24.3 Å². The molecule has 0 aliphatic rings. The SMILES string of the molecule is CNC(=O)[C@@](C)(C(=O)CO)N(C)C(=O)c1ccc(C#Cc2ccc(COCCOC(C)=O)cc2)cc1. The Morgan fingerprint density at radius 3 is 2.03 bits per heavy atom. The van der Waals surface area contributed by atoms with Crippen LogP contribution in [0.4, 0.5) is 0 Å². The summed E-state index contributed by atoms with van der Waals surface area (Å²) in [6.45, 7) is 2.69. The molecule has 0 aliphatic carbocycles. The number of esters is 1. The molecular weight excluding hydrogens is 464 g/mol. The lowest BCUT2D eigenvalue weighted by molar-refractivity contribution is -0.143. The number of nitrogens with zero attached hydrogens (tertiary/aromatic N) is 1. The number of amides is 2. The van der Waals surface area contributed by atoms with Gasteiger partial charge in [-0.2, -0.15) is 0 Å². The molecule has 9 nitrogen and oxygen atoms in total. The highest BCUT2D eigenvalue weighted by atomic mass is 16.6. The largest absolute Gasteiger partial charge is 0.463 e. The molecule has 0 unspecified atom stereocenters. The van der Waals surface area contributed by atoms with Crippen molar-refractivity contribution in [1.29, 1.82) is 0 Å². The fraction of sp³-hybridized carbons (Fsp3) is 0.333. The molecule has 0 aliphatic heterocycles. The molecule has 0 aromatic heterocycles. The van der Waals surface area contributed by atoms with Crippen LogP contribution in [0.2, 0.25) is 0 Å². The van der Waals surface area contributed by atoms with Gasteiger partial charge in [0, 0.05) is 37.7 Å². The highest BCUT2D eigenvalue weighted by Gasteiger charge is 2.46. The topological polar surface area (TPSA) is 122 Å². The minimum absolute atomic E-state index is 0.216. The van der Waals surface area contributed by atoms with Gasteiger partial charge < -0.3 is 24.8 Å². The number of aliphatic hydroxyl groups is 1. The predicted molar refractivity (Wildman–Crippen MR) is 132 cm³/mol. The third-order valence-electron chi connectivity index (χ3n) is 5.57. The number of hydrogen-bond donors (Lipinski definition) is 2. The van der Waals surface area contributed by atoms with Crippen LogP contribution in [0.15, 0.2) is 48.5 Å². The molecule has 2 amide bonds. The number of nitrogens with one attached hydrogen (secondary N) is 1. The summed E-state index contributed by atoms with van der Waals surface area (Å²) in [5.41, 5.74) is 0.842. The Kier molecular flexibility index (Phi) is 10.3. The number of Topliss-reactive ketones (excluding diaryl/α,β-unsaturated/α-hetero) is 1. The van der Waals surface area contributed by atoms with Crippen LogP contribution in [0.5, 0.6) is 0 Å². The monoisotopic (exact) mass is 494 g/mol. The van der Waals surface area contributed by atoms with Gasteiger partial charge in [0.1, 0.15) is 13.2 Å². The van der Waals surface area contributed by atoms with E-state index in [4.69, 9.17) is 9.47 Å². The summed E-state index contributed by atoms with van der Waals surface area (Å²) in [6.07, 6.45) is 0. The number of likely N-dealkylation sites (N-methyl/N-ethyl adjacent to an activating group) is 2. The van der Waals surface area contributed by atoms with Crippen molar-refractivity contribution in [3.05, 3.63) is 70.8 Å². The Morgan fingerprint density at radius 2 is 1.53 bits per heavy atom. The maximum atomic E-state index is 12.9. The first-order valence-electron chi connectivity index (χ1n) is 11.2. The van der Waals surface area contributed by atoms with Crippen molar-refractivity contribution in [2.75, 3.05) is 33.9 Å². The predicted octanol–water partition coefficient (Wildman–Crippen LogP) is 1.30. The van der Waals surface area contributed by atoms with Crippen molar-refractivity contribution < 1.29 is 33.8 Å². The zero-order valence-corrected chi connectivity index (χ0v) is 20.8. The quantitative estimate of drug-likeness (QED) is 0.221. The van der Waals surface area contributed by atoms with Gasteiger partial charge in [-0.25, -0.2) is 0 Å². The Morgan fingerprint density at radius 1 is 0.972 bits per heavy atom. The van der Waals surface area contributed by atoms with Gasteiger partial charge in [0.2, 0.25) is 0 Å². The summed E-state index contributed by atoms with van der Waals surface area (Å²) in [5.74, 6) is 3.70. The number of ketones is 1. The normalized spacial score (nSPS) is 11.9. The molecule has 36 heavy (non-hydrogen) atoms. The number of aliphatic hydroxyl groups excluding tert-OH is 1. The zero-order chi connectivity index (χ0) is 26.7. The molecule has 190 valence electrons. The average Bonchev–Trinajstić information content (AvgIpc) is 2.90. The maximum Gasteiger partial charge on any atom is 0.302 e. The number of benzene rings is 2. The number of rotatable bonds is 10. The molecule has 0 bridgehead atoms. The second kappa shape index (κ2) is 13.2. The highest BCUT2D eigenvalue weighted by molar-refractivity contribution is 6.14. The van der Waals surface area contributed by atoms with Gasteiger partial charge in [-0.15, -0.1) is 0 Å². The van der Waals surface area contributed by atoms with Gasteiger partial charge in [0.15, 0.2) is 11.3 Å². The first-order chi connectivity index (χ1) is 17.1. The van der Waals surface area contributed by atoms with Gasteiger partial charge in [-0.1, -0.05) is 24.0 Å². The van der Waals surface area contributed by atoms with Crippen molar-refractivity contribution in [3.8, 4) is 11.8 Å². The van der Waals surface area contributed by atoms with Crippen LogP contribution in [0.25, 0.3) is 0 Å². The minimum atomic E-state index is -1.85. The second-order valence-electron chi connectivity index (χ2n) is 8.01. The zero-order valence-electron chi connectivity index (χ0n) is 20.8. The third kappa shape index (κ3) is 7.25. The van der Waals surface area contributed by atoms with Crippen molar-refractivity contribution in [2.24, 2.45) is 0 Å². The molecule has 0 radical (unpaired) electrons. The van der Waals surface area contributed by atoms with Gasteiger partial charge in [-0.05, 0) is 48.9 Å². The van der Waals surface area contributed by atoms with Crippen LogP contribution in [0.3, 0.4) is 0 Å². The molecule has 0 fully saturated rings. The smallest absolute Gasteiger partial charge is 0.302 e.